The van der Waals surface area contributed by atoms with E-state index in [0.717, 1.165) is 6.42 Å². The fraction of sp³-hybridized carbons (Fsp3) is 1.00. The van der Waals surface area contributed by atoms with Crippen LogP contribution in [0.25, 0.3) is 0 Å². The Morgan fingerprint density at radius 1 is 1.41 bits per heavy atom. The fourth-order valence-electron chi connectivity index (χ4n) is 2.21. The minimum absolute atomic E-state index is 0.121. The van der Waals surface area contributed by atoms with E-state index in [0.29, 0.717) is 12.4 Å². The number of fused-ring (bicyclic) bond motifs is 1. The van der Waals surface area contributed by atoms with Gasteiger partial charge in [0.25, 0.3) is 5.09 Å². The molecule has 2 aliphatic heterocycles. The lowest BCUT2D eigenvalue weighted by Gasteiger charge is -2.20. The van der Waals surface area contributed by atoms with Crippen LogP contribution in [0.4, 0.5) is 0 Å². The van der Waals surface area contributed by atoms with Crippen molar-refractivity contribution >= 4 is 11.2 Å². The minimum atomic E-state index is -1.01. The highest BCUT2D eigenvalue weighted by atomic mass is 32.2. The molecule has 0 bridgehead atoms. The van der Waals surface area contributed by atoms with Crippen molar-refractivity contribution in [2.45, 2.75) is 36.9 Å². The number of hydrogen-bond acceptors (Lipinski definition) is 6. The molecule has 2 heterocycles. The van der Waals surface area contributed by atoms with Gasteiger partial charge in [0.15, 0.2) is 11.4 Å². The molecule has 0 amide bonds. The zero-order chi connectivity index (χ0) is 12.4. The zero-order valence-corrected chi connectivity index (χ0v) is 10.3. The molecule has 2 saturated heterocycles. The van der Waals surface area contributed by atoms with Gasteiger partial charge in [0.1, 0.15) is 18.0 Å². The van der Waals surface area contributed by atoms with E-state index in [4.69, 9.17) is 9.47 Å². The maximum atomic E-state index is 11.9. The van der Waals surface area contributed by atoms with Crippen LogP contribution in [0, 0.1) is 10.1 Å². The van der Waals surface area contributed by atoms with Crippen molar-refractivity contribution in [3.63, 3.8) is 0 Å². The van der Waals surface area contributed by atoms with Crippen molar-refractivity contribution in [3.8, 4) is 0 Å². The first kappa shape index (κ1) is 12.9. The molecule has 98 valence electrons. The highest BCUT2D eigenvalue weighted by Crippen LogP contribution is 2.32. The number of rotatable bonds is 5. The summed E-state index contributed by atoms with van der Waals surface area (Å²) in [5.41, 5.74) is 0. The van der Waals surface area contributed by atoms with Gasteiger partial charge in [-0.3, -0.25) is 0 Å². The largest absolute Gasteiger partial charge is 0.616 e. The summed E-state index contributed by atoms with van der Waals surface area (Å²) in [7, 11) is 0. The van der Waals surface area contributed by atoms with E-state index in [1.54, 1.807) is 0 Å². The Hall–Kier alpha value is -0.570. The summed E-state index contributed by atoms with van der Waals surface area (Å²) in [6, 6.07) is 0. The molecule has 0 aromatic rings. The summed E-state index contributed by atoms with van der Waals surface area (Å²) in [6.45, 7) is 2.40. The molecule has 8 heteroatoms. The van der Waals surface area contributed by atoms with Gasteiger partial charge in [-0.1, -0.05) is 6.92 Å². The first-order valence-electron chi connectivity index (χ1n) is 5.55. The molecular formula is C9H15NO6S. The molecule has 0 aliphatic carbocycles. The molecule has 0 saturated carbocycles. The average Bonchev–Trinajstić information content (AvgIpc) is 2.80. The molecule has 0 N–H and O–H groups in total. The first-order valence-corrected chi connectivity index (χ1v) is 6.93. The van der Waals surface area contributed by atoms with Gasteiger partial charge in [-0.15, -0.1) is 10.1 Å². The van der Waals surface area contributed by atoms with Crippen molar-refractivity contribution in [1.82, 2.24) is 0 Å². The molecular weight excluding hydrogens is 250 g/mol. The standard InChI is InChI=1S/C9H15NO6S/c1-2-3-17(13)7-5-15-8-6(16-10(11)12)4-14-9(7)8/h6-9H,2-5H2,1H3/t6-,7-,8-,9-,17?/m1/s1. The Labute approximate surface area is 102 Å². The third kappa shape index (κ3) is 2.65. The Balaban J connectivity index is 1.94. The average molecular weight is 265 g/mol. The van der Waals surface area contributed by atoms with Gasteiger partial charge in [0.05, 0.1) is 13.2 Å². The van der Waals surface area contributed by atoms with Crippen molar-refractivity contribution in [2.24, 2.45) is 0 Å². The third-order valence-corrected chi connectivity index (χ3v) is 4.82. The second-order valence-electron chi connectivity index (χ2n) is 4.09. The highest BCUT2D eigenvalue weighted by Gasteiger charge is 2.53. The molecule has 0 aromatic carbocycles. The normalized spacial score (nSPS) is 37.8. The van der Waals surface area contributed by atoms with Crippen LogP contribution in [0.1, 0.15) is 13.3 Å². The molecule has 0 aromatic heterocycles. The minimum Gasteiger partial charge on any atom is -0.616 e. The van der Waals surface area contributed by atoms with Crippen LogP contribution in [-0.4, -0.2) is 52.2 Å². The van der Waals surface area contributed by atoms with E-state index < -0.39 is 28.5 Å². The van der Waals surface area contributed by atoms with Crippen LogP contribution in [0.5, 0.6) is 0 Å². The summed E-state index contributed by atoms with van der Waals surface area (Å²) in [4.78, 5) is 14.8. The predicted molar refractivity (Wildman–Crippen MR) is 58.4 cm³/mol. The van der Waals surface area contributed by atoms with Crippen LogP contribution in [0.3, 0.4) is 0 Å². The van der Waals surface area contributed by atoms with E-state index in [-0.39, 0.29) is 18.0 Å². The Kier molecular flexibility index (Phi) is 4.08. The van der Waals surface area contributed by atoms with Gasteiger partial charge in [-0.25, -0.2) is 0 Å². The lowest BCUT2D eigenvalue weighted by molar-refractivity contribution is -0.769. The summed E-state index contributed by atoms with van der Waals surface area (Å²) in [5, 5.41) is 9.24. The maximum Gasteiger partial charge on any atom is 0.294 e. The molecule has 0 radical (unpaired) electrons. The van der Waals surface area contributed by atoms with E-state index in [1.165, 1.54) is 0 Å². The summed E-state index contributed by atoms with van der Waals surface area (Å²) in [5.74, 6) is 0.599. The molecule has 1 unspecified atom stereocenters. The van der Waals surface area contributed by atoms with Gasteiger partial charge in [-0.05, 0) is 17.6 Å². The van der Waals surface area contributed by atoms with Gasteiger partial charge in [0.2, 0.25) is 0 Å². The SMILES string of the molecule is CCC[S+]([O-])[C@@H]1CO[C@H]2[C@@H]1OC[C@H]2O[N+](=O)[O-]. The lowest BCUT2D eigenvalue weighted by atomic mass is 10.1. The van der Waals surface area contributed by atoms with Gasteiger partial charge >= 0.3 is 0 Å². The van der Waals surface area contributed by atoms with Gasteiger partial charge < -0.3 is 18.9 Å². The molecule has 7 nitrogen and oxygen atoms in total. The van der Waals surface area contributed by atoms with E-state index >= 15 is 0 Å². The van der Waals surface area contributed by atoms with E-state index in [1.807, 2.05) is 6.92 Å². The molecule has 2 fully saturated rings. The van der Waals surface area contributed by atoms with E-state index in [9.17, 15) is 14.7 Å². The number of hydrogen-bond donors (Lipinski definition) is 0. The predicted octanol–water partition coefficient (Wildman–Crippen LogP) is -0.112. The molecule has 0 spiro atoms. The van der Waals surface area contributed by atoms with Crippen LogP contribution < -0.4 is 0 Å². The summed E-state index contributed by atoms with van der Waals surface area (Å²) < 4.78 is 22.7. The summed E-state index contributed by atoms with van der Waals surface area (Å²) in [6.07, 6.45) is -0.674. The lowest BCUT2D eigenvalue weighted by Crippen LogP contribution is -2.38. The molecule has 2 rings (SSSR count). The van der Waals surface area contributed by atoms with Crippen LogP contribution in [0.15, 0.2) is 0 Å². The van der Waals surface area contributed by atoms with Crippen molar-refractivity contribution in [3.05, 3.63) is 10.1 Å². The maximum absolute atomic E-state index is 11.9. The van der Waals surface area contributed by atoms with Crippen molar-refractivity contribution in [1.29, 1.82) is 0 Å². The van der Waals surface area contributed by atoms with Gasteiger partial charge in [0, 0.05) is 0 Å². The topological polar surface area (TPSA) is 93.9 Å². The number of nitrogens with zero attached hydrogens (tertiary/aromatic N) is 1. The fourth-order valence-corrected chi connectivity index (χ4v) is 3.68. The highest BCUT2D eigenvalue weighted by molar-refractivity contribution is 7.92. The smallest absolute Gasteiger partial charge is 0.294 e. The van der Waals surface area contributed by atoms with Crippen LogP contribution in [0.2, 0.25) is 0 Å². The van der Waals surface area contributed by atoms with Crippen molar-refractivity contribution in [2.75, 3.05) is 19.0 Å². The Morgan fingerprint density at radius 2 is 2.12 bits per heavy atom. The van der Waals surface area contributed by atoms with Gasteiger partial charge in [-0.2, -0.15) is 0 Å². The molecule has 2 aliphatic rings. The Morgan fingerprint density at radius 3 is 2.76 bits per heavy atom. The quantitative estimate of drug-likeness (QED) is 0.391. The van der Waals surface area contributed by atoms with Crippen LogP contribution in [-0.2, 0) is 25.5 Å². The second-order valence-corrected chi connectivity index (χ2v) is 5.86. The first-order chi connectivity index (χ1) is 8.13. The number of ether oxygens (including phenoxy) is 2. The van der Waals surface area contributed by atoms with E-state index in [2.05, 4.69) is 4.84 Å². The van der Waals surface area contributed by atoms with Crippen LogP contribution >= 0.6 is 0 Å². The third-order valence-electron chi connectivity index (χ3n) is 2.93. The Bertz CT molecular complexity index is 291. The molecule has 5 atom stereocenters. The monoisotopic (exact) mass is 265 g/mol. The van der Waals surface area contributed by atoms with Crippen molar-refractivity contribution < 1.29 is 24.0 Å². The second kappa shape index (κ2) is 5.38. The summed E-state index contributed by atoms with van der Waals surface area (Å²) >= 11 is -1.01. The zero-order valence-electron chi connectivity index (χ0n) is 9.44. The molecule has 17 heavy (non-hydrogen) atoms.